The third-order valence-corrected chi connectivity index (χ3v) is 3.23. The zero-order valence-electron chi connectivity index (χ0n) is 11.1. The van der Waals surface area contributed by atoms with Crippen molar-refractivity contribution in [2.45, 2.75) is 32.8 Å². The van der Waals surface area contributed by atoms with Crippen molar-refractivity contribution in [3.8, 4) is 0 Å². The number of rotatable bonds is 8. The van der Waals surface area contributed by atoms with Gasteiger partial charge >= 0.3 is 5.97 Å². The lowest BCUT2D eigenvalue weighted by atomic mass is 10.2. The Balaban J connectivity index is 2.32. The number of ether oxygens (including phenoxy) is 2. The van der Waals surface area contributed by atoms with E-state index in [9.17, 15) is 4.79 Å². The Bertz CT molecular complexity index is 368. The highest BCUT2D eigenvalue weighted by Gasteiger charge is 2.07. The van der Waals surface area contributed by atoms with Crippen LogP contribution in [-0.2, 0) is 20.7 Å². The minimum absolute atomic E-state index is 0.150. The molecule has 1 rings (SSSR count). The number of methoxy groups -OCH3 is 1. The fourth-order valence-electron chi connectivity index (χ4n) is 1.28. The molecule has 0 amide bonds. The normalized spacial score (nSPS) is 12.2. The monoisotopic (exact) mass is 272 g/mol. The molecule has 0 aromatic carbocycles. The van der Waals surface area contributed by atoms with Crippen LogP contribution < -0.4 is 5.32 Å². The van der Waals surface area contributed by atoms with Crippen molar-refractivity contribution in [3.05, 3.63) is 11.1 Å². The zero-order chi connectivity index (χ0) is 13.4. The molecule has 1 aromatic heterocycles. The highest BCUT2D eigenvalue weighted by Crippen LogP contribution is 2.16. The van der Waals surface area contributed by atoms with Gasteiger partial charge in [-0.05, 0) is 13.8 Å². The first-order valence-electron chi connectivity index (χ1n) is 6.02. The van der Waals surface area contributed by atoms with Crippen molar-refractivity contribution in [2.75, 3.05) is 25.6 Å². The Morgan fingerprint density at radius 3 is 3.06 bits per heavy atom. The van der Waals surface area contributed by atoms with Gasteiger partial charge in [-0.1, -0.05) is 0 Å². The van der Waals surface area contributed by atoms with Crippen LogP contribution >= 0.6 is 11.3 Å². The van der Waals surface area contributed by atoms with Gasteiger partial charge in [0.15, 0.2) is 5.13 Å². The van der Waals surface area contributed by atoms with E-state index in [1.54, 1.807) is 14.0 Å². The van der Waals surface area contributed by atoms with Crippen LogP contribution in [0.2, 0.25) is 0 Å². The van der Waals surface area contributed by atoms with Crippen molar-refractivity contribution in [3.63, 3.8) is 0 Å². The molecule has 6 heteroatoms. The van der Waals surface area contributed by atoms with Gasteiger partial charge in [0, 0.05) is 25.5 Å². The third-order valence-electron chi connectivity index (χ3n) is 2.39. The minimum Gasteiger partial charge on any atom is -0.466 e. The summed E-state index contributed by atoms with van der Waals surface area (Å²) < 4.78 is 10.0. The SMILES string of the molecule is CCOC(=O)CCc1csc(NCC(C)OC)n1. The largest absolute Gasteiger partial charge is 0.466 e. The highest BCUT2D eigenvalue weighted by atomic mass is 32.1. The number of aryl methyl sites for hydroxylation is 1. The molecule has 1 aromatic rings. The summed E-state index contributed by atoms with van der Waals surface area (Å²) >= 11 is 1.54. The Morgan fingerprint density at radius 1 is 1.61 bits per heavy atom. The van der Waals surface area contributed by atoms with Crippen LogP contribution in [0.25, 0.3) is 0 Å². The van der Waals surface area contributed by atoms with Crippen LogP contribution in [0.3, 0.4) is 0 Å². The molecule has 1 unspecified atom stereocenters. The van der Waals surface area contributed by atoms with E-state index in [1.165, 1.54) is 11.3 Å². The molecular weight excluding hydrogens is 252 g/mol. The first-order valence-corrected chi connectivity index (χ1v) is 6.90. The lowest BCUT2D eigenvalue weighted by Gasteiger charge is -2.09. The van der Waals surface area contributed by atoms with Crippen molar-refractivity contribution < 1.29 is 14.3 Å². The number of esters is 1. The van der Waals surface area contributed by atoms with E-state index >= 15 is 0 Å². The van der Waals surface area contributed by atoms with Crippen LogP contribution in [0.15, 0.2) is 5.38 Å². The van der Waals surface area contributed by atoms with Crippen molar-refractivity contribution in [1.82, 2.24) is 4.98 Å². The summed E-state index contributed by atoms with van der Waals surface area (Å²) in [5.41, 5.74) is 0.917. The summed E-state index contributed by atoms with van der Waals surface area (Å²) in [6, 6.07) is 0. The summed E-state index contributed by atoms with van der Waals surface area (Å²) in [5, 5.41) is 6.01. The molecule has 0 saturated carbocycles. The fourth-order valence-corrected chi connectivity index (χ4v) is 2.04. The second kappa shape index (κ2) is 8.05. The topological polar surface area (TPSA) is 60.5 Å². The van der Waals surface area contributed by atoms with Gasteiger partial charge in [-0.15, -0.1) is 11.3 Å². The average molecular weight is 272 g/mol. The molecule has 0 aliphatic heterocycles. The summed E-state index contributed by atoms with van der Waals surface area (Å²) in [5.74, 6) is -0.173. The Kier molecular flexibility index (Phi) is 6.67. The van der Waals surface area contributed by atoms with Crippen LogP contribution in [-0.4, -0.2) is 37.3 Å². The van der Waals surface area contributed by atoms with Crippen LogP contribution in [0.5, 0.6) is 0 Å². The van der Waals surface area contributed by atoms with Gasteiger partial charge in [0.2, 0.25) is 0 Å². The van der Waals surface area contributed by atoms with Gasteiger partial charge in [-0.3, -0.25) is 4.79 Å². The molecule has 0 aliphatic carbocycles. The molecule has 0 radical (unpaired) electrons. The second-order valence-corrected chi connectivity index (χ2v) is 4.73. The summed E-state index contributed by atoms with van der Waals surface area (Å²) in [7, 11) is 1.68. The minimum atomic E-state index is -0.173. The molecule has 102 valence electrons. The second-order valence-electron chi connectivity index (χ2n) is 3.88. The first-order chi connectivity index (χ1) is 8.65. The lowest BCUT2D eigenvalue weighted by Crippen LogP contribution is -2.17. The lowest BCUT2D eigenvalue weighted by molar-refractivity contribution is -0.143. The third kappa shape index (κ3) is 5.46. The van der Waals surface area contributed by atoms with E-state index < -0.39 is 0 Å². The highest BCUT2D eigenvalue weighted by molar-refractivity contribution is 7.13. The van der Waals surface area contributed by atoms with Crippen molar-refractivity contribution >= 4 is 22.4 Å². The molecule has 0 spiro atoms. The fraction of sp³-hybridized carbons (Fsp3) is 0.667. The molecule has 1 N–H and O–H groups in total. The summed E-state index contributed by atoms with van der Waals surface area (Å²) in [6.07, 6.45) is 1.15. The Hall–Kier alpha value is -1.14. The maximum Gasteiger partial charge on any atom is 0.306 e. The van der Waals surface area contributed by atoms with E-state index in [0.717, 1.165) is 17.4 Å². The van der Waals surface area contributed by atoms with E-state index in [1.807, 2.05) is 12.3 Å². The quantitative estimate of drug-likeness (QED) is 0.734. The number of hydrogen-bond acceptors (Lipinski definition) is 6. The van der Waals surface area contributed by atoms with Gasteiger partial charge in [0.1, 0.15) is 0 Å². The molecule has 0 bridgehead atoms. The number of nitrogens with zero attached hydrogens (tertiary/aromatic N) is 1. The molecule has 18 heavy (non-hydrogen) atoms. The summed E-state index contributed by atoms with van der Waals surface area (Å²) in [4.78, 5) is 15.6. The van der Waals surface area contributed by atoms with E-state index in [2.05, 4.69) is 10.3 Å². The van der Waals surface area contributed by atoms with E-state index in [-0.39, 0.29) is 12.1 Å². The molecule has 0 aliphatic rings. The number of carbonyl (C=O) groups is 1. The first kappa shape index (κ1) is 14.9. The van der Waals surface area contributed by atoms with Gasteiger partial charge in [0.05, 0.1) is 24.8 Å². The van der Waals surface area contributed by atoms with E-state index in [4.69, 9.17) is 9.47 Å². The predicted molar refractivity (Wildman–Crippen MR) is 72.0 cm³/mol. The molecule has 1 heterocycles. The molecular formula is C12H20N2O3S. The Labute approximate surface area is 112 Å². The molecule has 5 nitrogen and oxygen atoms in total. The molecule has 0 fully saturated rings. The maximum absolute atomic E-state index is 11.2. The van der Waals surface area contributed by atoms with Gasteiger partial charge in [-0.2, -0.15) is 0 Å². The van der Waals surface area contributed by atoms with Gasteiger partial charge < -0.3 is 14.8 Å². The number of nitrogens with one attached hydrogen (secondary N) is 1. The zero-order valence-corrected chi connectivity index (χ0v) is 11.9. The van der Waals surface area contributed by atoms with Crippen molar-refractivity contribution in [2.24, 2.45) is 0 Å². The number of hydrogen-bond donors (Lipinski definition) is 1. The van der Waals surface area contributed by atoms with Crippen molar-refractivity contribution in [1.29, 1.82) is 0 Å². The predicted octanol–water partition coefficient (Wildman–Crippen LogP) is 2.09. The van der Waals surface area contributed by atoms with Crippen LogP contribution in [0.4, 0.5) is 5.13 Å². The molecule has 1 atom stereocenters. The number of aromatic nitrogens is 1. The average Bonchev–Trinajstić information content (AvgIpc) is 2.82. The van der Waals surface area contributed by atoms with E-state index in [0.29, 0.717) is 19.4 Å². The van der Waals surface area contributed by atoms with Gasteiger partial charge in [0.25, 0.3) is 0 Å². The Morgan fingerprint density at radius 2 is 2.39 bits per heavy atom. The van der Waals surface area contributed by atoms with Crippen LogP contribution in [0, 0.1) is 0 Å². The number of thiazole rings is 1. The number of carbonyl (C=O) groups excluding carboxylic acids is 1. The molecule has 0 saturated heterocycles. The summed E-state index contributed by atoms with van der Waals surface area (Å²) in [6.45, 7) is 4.95. The smallest absolute Gasteiger partial charge is 0.306 e. The maximum atomic E-state index is 11.2. The number of anilines is 1. The standard InChI is InChI=1S/C12H20N2O3S/c1-4-17-11(15)6-5-10-8-18-12(14-10)13-7-9(2)16-3/h8-9H,4-7H2,1-3H3,(H,13,14). The van der Waals surface area contributed by atoms with Gasteiger partial charge in [-0.25, -0.2) is 4.98 Å². The van der Waals surface area contributed by atoms with Crippen LogP contribution in [0.1, 0.15) is 26.0 Å².